The molecule has 8 heteroatoms. The van der Waals surface area contributed by atoms with E-state index in [1.165, 1.54) is 0 Å². The third kappa shape index (κ3) is 4.51. The topological polar surface area (TPSA) is 110 Å². The number of hydrogen-bond donors (Lipinski definition) is 2. The number of aliphatic carboxylic acids is 1. The Hall–Kier alpha value is -2.51. The minimum absolute atomic E-state index is 0.00565. The maximum Gasteiger partial charge on any atom is 0.326 e. The van der Waals surface area contributed by atoms with E-state index in [2.05, 4.69) is 5.32 Å². The third-order valence-electron chi connectivity index (χ3n) is 2.71. The zero-order valence-electron chi connectivity index (χ0n) is 11.5. The van der Waals surface area contributed by atoms with Crippen molar-refractivity contribution >= 4 is 17.6 Å². The number of hydrogen-bond acceptors (Lipinski definition) is 4. The lowest BCUT2D eigenvalue weighted by Crippen LogP contribution is -2.41. The van der Waals surface area contributed by atoms with E-state index >= 15 is 0 Å². The predicted molar refractivity (Wildman–Crippen MR) is 71.4 cm³/mol. The summed E-state index contributed by atoms with van der Waals surface area (Å²) < 4.78 is 13.2. The first-order valence-corrected chi connectivity index (χ1v) is 6.20. The summed E-state index contributed by atoms with van der Waals surface area (Å²) >= 11 is 0. The van der Waals surface area contributed by atoms with Crippen LogP contribution in [0.4, 0.5) is 10.1 Å². The van der Waals surface area contributed by atoms with E-state index in [-0.39, 0.29) is 12.3 Å². The maximum absolute atomic E-state index is 13.2. The molecule has 0 aliphatic rings. The Kier molecular flexibility index (Phi) is 5.34. The molecule has 0 aliphatic heterocycles. The fraction of sp³-hybridized carbons (Fsp3) is 0.385. The zero-order valence-corrected chi connectivity index (χ0v) is 11.5. The number of carboxylic acid groups (broad SMARTS) is 1. The summed E-state index contributed by atoms with van der Waals surface area (Å²) in [5.41, 5.74) is -1.09. The highest BCUT2D eigenvalue weighted by Gasteiger charge is 2.26. The molecule has 21 heavy (non-hydrogen) atoms. The number of benzene rings is 1. The predicted octanol–water partition coefficient (Wildman–Crippen LogP) is 1.96. The van der Waals surface area contributed by atoms with Crippen LogP contribution in [0.2, 0.25) is 0 Å². The number of nitro benzene ring substituents is 1. The van der Waals surface area contributed by atoms with Crippen molar-refractivity contribution in [3.63, 3.8) is 0 Å². The molecule has 0 aromatic heterocycles. The van der Waals surface area contributed by atoms with Gasteiger partial charge < -0.3 is 10.4 Å². The minimum Gasteiger partial charge on any atom is -0.480 e. The Balaban J connectivity index is 3.05. The molecule has 1 amide bonds. The van der Waals surface area contributed by atoms with Crippen LogP contribution in [0.25, 0.3) is 0 Å². The van der Waals surface area contributed by atoms with E-state index in [4.69, 9.17) is 5.11 Å². The van der Waals surface area contributed by atoms with Crippen LogP contribution in [0.3, 0.4) is 0 Å². The lowest BCUT2D eigenvalue weighted by atomic mass is 10.0. The number of carbonyl (C=O) groups is 2. The number of carboxylic acids is 1. The van der Waals surface area contributed by atoms with Gasteiger partial charge in [0.1, 0.15) is 17.4 Å². The summed E-state index contributed by atoms with van der Waals surface area (Å²) in [7, 11) is 0. The van der Waals surface area contributed by atoms with E-state index in [9.17, 15) is 24.1 Å². The summed E-state index contributed by atoms with van der Waals surface area (Å²) in [6, 6.07) is 1.24. The van der Waals surface area contributed by atoms with Gasteiger partial charge in [0.05, 0.1) is 4.92 Å². The molecule has 0 fully saturated rings. The number of nitrogens with one attached hydrogen (secondary N) is 1. The van der Waals surface area contributed by atoms with Gasteiger partial charge >= 0.3 is 5.97 Å². The Morgan fingerprint density at radius 2 is 2.05 bits per heavy atom. The normalized spacial score (nSPS) is 12.0. The second-order valence-corrected chi connectivity index (χ2v) is 4.91. The van der Waals surface area contributed by atoms with Crippen molar-refractivity contribution in [2.45, 2.75) is 26.3 Å². The van der Waals surface area contributed by atoms with Crippen LogP contribution < -0.4 is 5.32 Å². The van der Waals surface area contributed by atoms with Crippen molar-refractivity contribution < 1.29 is 24.0 Å². The van der Waals surface area contributed by atoms with E-state index in [0.717, 1.165) is 12.1 Å². The molecule has 0 heterocycles. The van der Waals surface area contributed by atoms with E-state index in [1.807, 2.05) is 0 Å². The SMILES string of the molecule is CC(C)C[C@H](NC(=O)c1cc(F)ccc1[N+](=O)[O-])C(=O)O. The summed E-state index contributed by atoms with van der Waals surface area (Å²) in [5, 5.41) is 22.0. The van der Waals surface area contributed by atoms with Crippen molar-refractivity contribution in [3.8, 4) is 0 Å². The van der Waals surface area contributed by atoms with Gasteiger partial charge in [-0.2, -0.15) is 0 Å². The molecule has 1 aromatic rings. The number of halogens is 1. The van der Waals surface area contributed by atoms with Gasteiger partial charge in [-0.05, 0) is 24.5 Å². The smallest absolute Gasteiger partial charge is 0.326 e. The van der Waals surface area contributed by atoms with Crippen LogP contribution >= 0.6 is 0 Å². The van der Waals surface area contributed by atoms with E-state index in [1.54, 1.807) is 13.8 Å². The quantitative estimate of drug-likeness (QED) is 0.616. The number of carbonyl (C=O) groups excluding carboxylic acids is 1. The Labute approximate surface area is 119 Å². The summed E-state index contributed by atoms with van der Waals surface area (Å²) in [6.07, 6.45) is 0.157. The van der Waals surface area contributed by atoms with Gasteiger partial charge in [-0.1, -0.05) is 13.8 Å². The molecular weight excluding hydrogens is 283 g/mol. The fourth-order valence-electron chi connectivity index (χ4n) is 1.78. The number of rotatable bonds is 6. The first-order valence-electron chi connectivity index (χ1n) is 6.20. The number of amides is 1. The highest BCUT2D eigenvalue weighted by molar-refractivity contribution is 5.99. The van der Waals surface area contributed by atoms with Crippen molar-refractivity contribution in [3.05, 3.63) is 39.7 Å². The van der Waals surface area contributed by atoms with Crippen LogP contribution in [0.15, 0.2) is 18.2 Å². The lowest BCUT2D eigenvalue weighted by Gasteiger charge is -2.16. The Morgan fingerprint density at radius 3 is 2.52 bits per heavy atom. The van der Waals surface area contributed by atoms with Crippen molar-refractivity contribution in [2.75, 3.05) is 0 Å². The molecule has 0 spiro atoms. The van der Waals surface area contributed by atoms with E-state index < -0.39 is 39.9 Å². The second kappa shape index (κ2) is 6.78. The van der Waals surface area contributed by atoms with Gasteiger partial charge in [0.25, 0.3) is 11.6 Å². The van der Waals surface area contributed by atoms with Gasteiger partial charge in [0.2, 0.25) is 0 Å². The molecule has 0 aliphatic carbocycles. The van der Waals surface area contributed by atoms with E-state index in [0.29, 0.717) is 6.07 Å². The molecule has 1 aromatic carbocycles. The molecule has 0 unspecified atom stereocenters. The van der Waals surface area contributed by atoms with Crippen LogP contribution in [-0.2, 0) is 4.79 Å². The molecule has 0 saturated heterocycles. The van der Waals surface area contributed by atoms with Crippen molar-refractivity contribution in [1.29, 1.82) is 0 Å². The summed E-state index contributed by atoms with van der Waals surface area (Å²) in [6.45, 7) is 3.54. The summed E-state index contributed by atoms with van der Waals surface area (Å²) in [4.78, 5) is 33.0. The Bertz CT molecular complexity index is 574. The first kappa shape index (κ1) is 16.5. The van der Waals surface area contributed by atoms with Gasteiger partial charge in [-0.25, -0.2) is 9.18 Å². The average molecular weight is 298 g/mol. The molecule has 2 N–H and O–H groups in total. The molecule has 114 valence electrons. The maximum atomic E-state index is 13.2. The molecular formula is C13H15FN2O5. The monoisotopic (exact) mass is 298 g/mol. The largest absolute Gasteiger partial charge is 0.480 e. The van der Waals surface area contributed by atoms with Gasteiger partial charge in [-0.3, -0.25) is 14.9 Å². The zero-order chi connectivity index (χ0) is 16.2. The highest BCUT2D eigenvalue weighted by Crippen LogP contribution is 2.20. The standard InChI is InChI=1S/C13H15FN2O5/c1-7(2)5-10(13(18)19)15-12(17)9-6-8(14)3-4-11(9)16(20)21/h3-4,6-7,10H,5H2,1-2H3,(H,15,17)(H,18,19)/t10-/m0/s1. The van der Waals surface area contributed by atoms with Crippen LogP contribution in [0, 0.1) is 21.8 Å². The van der Waals surface area contributed by atoms with Gasteiger partial charge in [0.15, 0.2) is 0 Å². The van der Waals surface area contributed by atoms with Crippen LogP contribution in [0.5, 0.6) is 0 Å². The highest BCUT2D eigenvalue weighted by atomic mass is 19.1. The molecule has 1 atom stereocenters. The van der Waals surface area contributed by atoms with Crippen molar-refractivity contribution in [2.24, 2.45) is 5.92 Å². The summed E-state index contributed by atoms with van der Waals surface area (Å²) in [5.74, 6) is -3.07. The molecule has 0 radical (unpaired) electrons. The van der Waals surface area contributed by atoms with Crippen LogP contribution in [-0.4, -0.2) is 27.9 Å². The molecule has 1 rings (SSSR count). The lowest BCUT2D eigenvalue weighted by molar-refractivity contribution is -0.385. The molecule has 7 nitrogen and oxygen atoms in total. The number of nitro groups is 1. The first-order chi connectivity index (χ1) is 9.72. The number of nitrogens with zero attached hydrogens (tertiary/aromatic N) is 1. The molecule has 0 saturated carbocycles. The van der Waals surface area contributed by atoms with Gasteiger partial charge in [-0.15, -0.1) is 0 Å². The second-order valence-electron chi connectivity index (χ2n) is 4.91. The van der Waals surface area contributed by atoms with Crippen molar-refractivity contribution in [1.82, 2.24) is 5.32 Å². The molecule has 0 bridgehead atoms. The van der Waals surface area contributed by atoms with Crippen LogP contribution in [0.1, 0.15) is 30.6 Å². The van der Waals surface area contributed by atoms with Gasteiger partial charge in [0, 0.05) is 6.07 Å². The fourth-order valence-corrected chi connectivity index (χ4v) is 1.78. The third-order valence-corrected chi connectivity index (χ3v) is 2.71. The minimum atomic E-state index is -1.25. The Morgan fingerprint density at radius 1 is 1.43 bits per heavy atom. The average Bonchev–Trinajstić information content (AvgIpc) is 2.36.